The van der Waals surface area contributed by atoms with Gasteiger partial charge in [0, 0.05) is 21.0 Å². The van der Waals surface area contributed by atoms with Gasteiger partial charge in [-0.3, -0.25) is 4.79 Å². The summed E-state index contributed by atoms with van der Waals surface area (Å²) in [5, 5.41) is 13.8. The lowest BCUT2D eigenvalue weighted by molar-refractivity contribution is -0.114. The highest BCUT2D eigenvalue weighted by Gasteiger charge is 2.46. The van der Waals surface area contributed by atoms with Crippen LogP contribution in [-0.2, 0) is 24.7 Å². The van der Waals surface area contributed by atoms with Crippen molar-refractivity contribution in [2.24, 2.45) is 0 Å². The SMILES string of the molecule is COc1ccc(S(=O)(=O)N([C@H]2CS(=O)(=O)C[C@H]2O)N(C)C)cc1NC(C)=O. The van der Waals surface area contributed by atoms with E-state index < -0.39 is 49.4 Å². The van der Waals surface area contributed by atoms with E-state index in [9.17, 15) is 26.7 Å². The molecule has 0 aromatic heterocycles. The topological polar surface area (TPSA) is 133 Å². The first-order valence-electron chi connectivity index (χ1n) is 7.95. The second-order valence-corrected chi connectivity index (χ2v) is 10.3. The summed E-state index contributed by atoms with van der Waals surface area (Å²) in [6.07, 6.45) is -1.35. The van der Waals surface area contributed by atoms with Gasteiger partial charge in [0.1, 0.15) is 5.75 Å². The van der Waals surface area contributed by atoms with E-state index in [1.165, 1.54) is 51.3 Å². The van der Waals surface area contributed by atoms with E-state index in [1.807, 2.05) is 0 Å². The standard InChI is InChI=1S/C15H23N3O7S2/c1-10(19)16-12-7-11(5-6-15(12)25-4)27(23,24)18(17(2)3)13-8-26(21,22)9-14(13)20/h5-7,13-14,20H,8-9H2,1-4H3,(H,16,19)/t13-,14+/m0/s1. The molecule has 12 heteroatoms. The number of amides is 1. The number of sulfone groups is 1. The molecule has 0 saturated carbocycles. The molecule has 0 bridgehead atoms. The normalized spacial score (nSPS) is 22.2. The van der Waals surface area contributed by atoms with E-state index in [2.05, 4.69) is 5.32 Å². The number of nitrogens with zero attached hydrogens (tertiary/aromatic N) is 2. The minimum atomic E-state index is -4.22. The van der Waals surface area contributed by atoms with Crippen LogP contribution < -0.4 is 10.1 Å². The summed E-state index contributed by atoms with van der Waals surface area (Å²) in [4.78, 5) is 11.2. The molecule has 152 valence electrons. The number of hydrazine groups is 1. The van der Waals surface area contributed by atoms with Gasteiger partial charge in [-0.2, -0.15) is 0 Å². The number of carbonyl (C=O) groups is 1. The van der Waals surface area contributed by atoms with Crippen LogP contribution in [-0.4, -0.2) is 82.1 Å². The molecule has 1 aromatic carbocycles. The van der Waals surface area contributed by atoms with Crippen molar-refractivity contribution in [2.75, 3.05) is 38.0 Å². The number of hydrogen-bond acceptors (Lipinski definition) is 8. The molecule has 2 rings (SSSR count). The largest absolute Gasteiger partial charge is 0.495 e. The van der Waals surface area contributed by atoms with Crippen LogP contribution in [0, 0.1) is 0 Å². The van der Waals surface area contributed by atoms with Crippen LogP contribution in [0.2, 0.25) is 0 Å². The zero-order chi connectivity index (χ0) is 20.6. The van der Waals surface area contributed by atoms with Crippen molar-refractivity contribution in [1.82, 2.24) is 9.42 Å². The Morgan fingerprint density at radius 2 is 1.93 bits per heavy atom. The summed E-state index contributed by atoms with van der Waals surface area (Å²) < 4.78 is 56.0. The molecule has 1 aromatic rings. The average molecular weight is 421 g/mol. The number of anilines is 1. The van der Waals surface area contributed by atoms with Crippen molar-refractivity contribution in [1.29, 1.82) is 0 Å². The summed E-state index contributed by atoms with van der Waals surface area (Å²) in [5.74, 6) is -1.13. The predicted molar refractivity (Wildman–Crippen MR) is 98.5 cm³/mol. The minimum absolute atomic E-state index is 0.157. The first-order valence-corrected chi connectivity index (χ1v) is 11.2. The molecular weight excluding hydrogens is 398 g/mol. The van der Waals surface area contributed by atoms with E-state index in [-0.39, 0.29) is 16.3 Å². The van der Waals surface area contributed by atoms with Crippen LogP contribution in [0.15, 0.2) is 23.1 Å². The molecule has 1 heterocycles. The molecular formula is C15H23N3O7S2. The fourth-order valence-electron chi connectivity index (χ4n) is 2.95. The Hall–Kier alpha value is -1.73. The maximum absolute atomic E-state index is 13.2. The average Bonchev–Trinajstić information content (AvgIpc) is 2.78. The molecule has 1 amide bonds. The molecule has 0 aliphatic carbocycles. The molecule has 1 saturated heterocycles. The zero-order valence-corrected chi connectivity index (χ0v) is 17.0. The maximum atomic E-state index is 13.2. The maximum Gasteiger partial charge on any atom is 0.256 e. The van der Waals surface area contributed by atoms with Gasteiger partial charge in [-0.1, -0.05) is 0 Å². The summed E-state index contributed by atoms with van der Waals surface area (Å²) in [7, 11) is -3.53. The molecule has 0 unspecified atom stereocenters. The van der Waals surface area contributed by atoms with E-state index in [4.69, 9.17) is 4.74 Å². The van der Waals surface area contributed by atoms with Crippen molar-refractivity contribution in [3.8, 4) is 5.75 Å². The van der Waals surface area contributed by atoms with Crippen LogP contribution in [0.3, 0.4) is 0 Å². The Labute approximate surface area is 158 Å². The molecule has 0 spiro atoms. The van der Waals surface area contributed by atoms with Gasteiger partial charge in [0.15, 0.2) is 9.84 Å². The number of sulfonamides is 1. The number of hydrogen-bond donors (Lipinski definition) is 2. The number of rotatable bonds is 6. The van der Waals surface area contributed by atoms with E-state index in [0.29, 0.717) is 0 Å². The van der Waals surface area contributed by atoms with Crippen molar-refractivity contribution < 1.29 is 31.5 Å². The molecule has 10 nitrogen and oxygen atoms in total. The van der Waals surface area contributed by atoms with Gasteiger partial charge in [0.2, 0.25) is 5.91 Å². The van der Waals surface area contributed by atoms with Crippen LogP contribution in [0.25, 0.3) is 0 Å². The van der Waals surface area contributed by atoms with E-state index >= 15 is 0 Å². The first kappa shape index (κ1) is 21.6. The fraction of sp³-hybridized carbons (Fsp3) is 0.533. The number of carbonyl (C=O) groups excluding carboxylic acids is 1. The lowest BCUT2D eigenvalue weighted by atomic mass is 10.2. The number of benzene rings is 1. The van der Waals surface area contributed by atoms with Gasteiger partial charge in [0.05, 0.1) is 41.3 Å². The number of aliphatic hydroxyl groups excluding tert-OH is 1. The van der Waals surface area contributed by atoms with Crippen LogP contribution in [0.1, 0.15) is 6.92 Å². The smallest absolute Gasteiger partial charge is 0.256 e. The Morgan fingerprint density at radius 1 is 1.30 bits per heavy atom. The Morgan fingerprint density at radius 3 is 2.37 bits per heavy atom. The monoisotopic (exact) mass is 421 g/mol. The first-order chi connectivity index (χ1) is 12.4. The van der Waals surface area contributed by atoms with Gasteiger partial charge in [-0.05, 0) is 18.2 Å². The number of methoxy groups -OCH3 is 1. The Bertz CT molecular complexity index is 929. The zero-order valence-electron chi connectivity index (χ0n) is 15.4. The Balaban J connectivity index is 2.52. The fourth-order valence-corrected chi connectivity index (χ4v) is 6.54. The number of ether oxygens (including phenoxy) is 1. The number of aliphatic hydroxyl groups is 1. The second-order valence-electron chi connectivity index (χ2n) is 6.38. The molecule has 1 aliphatic rings. The van der Waals surface area contributed by atoms with Gasteiger partial charge in [0.25, 0.3) is 10.0 Å². The third-order valence-electron chi connectivity index (χ3n) is 4.00. The third kappa shape index (κ3) is 4.58. The lowest BCUT2D eigenvalue weighted by Gasteiger charge is -2.34. The summed E-state index contributed by atoms with van der Waals surface area (Å²) >= 11 is 0. The van der Waals surface area contributed by atoms with E-state index in [0.717, 1.165) is 4.41 Å². The van der Waals surface area contributed by atoms with Crippen LogP contribution in [0.4, 0.5) is 5.69 Å². The quantitative estimate of drug-likeness (QED) is 0.575. The Kier molecular flexibility index (Phi) is 6.16. The second kappa shape index (κ2) is 7.72. The van der Waals surface area contributed by atoms with Crippen molar-refractivity contribution in [2.45, 2.75) is 24.0 Å². The van der Waals surface area contributed by atoms with Gasteiger partial charge < -0.3 is 15.2 Å². The summed E-state index contributed by atoms with van der Waals surface area (Å²) in [6, 6.07) is 2.74. The molecule has 1 aliphatic heterocycles. The van der Waals surface area contributed by atoms with Crippen LogP contribution >= 0.6 is 0 Å². The summed E-state index contributed by atoms with van der Waals surface area (Å²) in [5.41, 5.74) is 0.157. The molecule has 1 fully saturated rings. The predicted octanol–water partition coefficient (Wildman–Crippen LogP) is -0.721. The summed E-state index contributed by atoms with van der Waals surface area (Å²) in [6.45, 7) is 1.27. The molecule has 2 atom stereocenters. The van der Waals surface area contributed by atoms with Gasteiger partial charge in [-0.15, -0.1) is 4.41 Å². The third-order valence-corrected chi connectivity index (χ3v) is 7.64. The van der Waals surface area contributed by atoms with Crippen molar-refractivity contribution in [3.05, 3.63) is 18.2 Å². The molecule has 2 N–H and O–H groups in total. The van der Waals surface area contributed by atoms with Crippen LogP contribution in [0.5, 0.6) is 5.75 Å². The lowest BCUT2D eigenvalue weighted by Crippen LogP contribution is -2.53. The number of nitrogens with one attached hydrogen (secondary N) is 1. The highest BCUT2D eigenvalue weighted by atomic mass is 32.2. The van der Waals surface area contributed by atoms with Gasteiger partial charge in [-0.25, -0.2) is 21.8 Å². The minimum Gasteiger partial charge on any atom is -0.495 e. The van der Waals surface area contributed by atoms with E-state index in [1.54, 1.807) is 0 Å². The van der Waals surface area contributed by atoms with Gasteiger partial charge >= 0.3 is 0 Å². The molecule has 0 radical (unpaired) electrons. The highest BCUT2D eigenvalue weighted by molar-refractivity contribution is 7.92. The molecule has 27 heavy (non-hydrogen) atoms. The van der Waals surface area contributed by atoms with Crippen molar-refractivity contribution in [3.63, 3.8) is 0 Å². The highest BCUT2D eigenvalue weighted by Crippen LogP contribution is 2.31. The van der Waals surface area contributed by atoms with Crippen molar-refractivity contribution >= 4 is 31.5 Å².